The number of aliphatic imine (C=N–C) groups is 1. The highest BCUT2D eigenvalue weighted by molar-refractivity contribution is 5.68. The maximum Gasteiger partial charge on any atom is 0.411 e. The van der Waals surface area contributed by atoms with Gasteiger partial charge in [-0.05, 0) is 18.4 Å². The first-order chi connectivity index (χ1) is 8.81. The largest absolute Gasteiger partial charge is 0.444 e. The molecule has 5 heteroatoms. The number of carbonyl (C=O) groups is 1. The first kappa shape index (κ1) is 12.3. The summed E-state index contributed by atoms with van der Waals surface area (Å²) in [7, 11) is 0. The van der Waals surface area contributed by atoms with Crippen LogP contribution in [0.5, 0.6) is 0 Å². The Morgan fingerprint density at radius 3 is 2.94 bits per heavy atom. The highest BCUT2D eigenvalue weighted by atomic mass is 16.6. The Hall–Kier alpha value is -2.13. The van der Waals surface area contributed by atoms with Crippen molar-refractivity contribution < 1.29 is 14.3 Å². The number of hydrogen-bond acceptors (Lipinski definition) is 4. The van der Waals surface area contributed by atoms with Crippen molar-refractivity contribution in [2.45, 2.75) is 25.6 Å². The fourth-order valence-corrected chi connectivity index (χ4v) is 1.96. The van der Waals surface area contributed by atoms with E-state index in [2.05, 4.69) is 4.99 Å². The number of hydrogen-bond donors (Lipinski definition) is 0. The van der Waals surface area contributed by atoms with Crippen LogP contribution in [0.2, 0.25) is 0 Å². The number of amides is 1. The van der Waals surface area contributed by atoms with E-state index in [0.717, 1.165) is 12.0 Å². The lowest BCUT2D eigenvalue weighted by Gasteiger charge is -2.19. The molecule has 0 N–H and O–H groups in total. The predicted molar refractivity (Wildman–Crippen MR) is 64.5 cm³/mol. The Morgan fingerprint density at radius 1 is 1.44 bits per heavy atom. The van der Waals surface area contributed by atoms with E-state index in [1.807, 2.05) is 30.3 Å². The van der Waals surface area contributed by atoms with E-state index in [1.165, 1.54) is 11.0 Å². The van der Waals surface area contributed by atoms with Crippen LogP contribution in [0.25, 0.3) is 0 Å². The normalized spacial score (nSPS) is 18.2. The second-order valence-electron chi connectivity index (χ2n) is 4.08. The Bertz CT molecular complexity index is 455. The summed E-state index contributed by atoms with van der Waals surface area (Å²) in [5, 5.41) is 0. The van der Waals surface area contributed by atoms with Crippen LogP contribution in [0.1, 0.15) is 18.4 Å². The van der Waals surface area contributed by atoms with Gasteiger partial charge in [0, 0.05) is 6.54 Å². The van der Waals surface area contributed by atoms with E-state index in [1.54, 1.807) is 0 Å². The minimum Gasteiger partial charge on any atom is -0.444 e. The van der Waals surface area contributed by atoms with Crippen LogP contribution in [-0.2, 0) is 16.1 Å². The molecule has 0 unspecified atom stereocenters. The smallest absolute Gasteiger partial charge is 0.411 e. The van der Waals surface area contributed by atoms with Crippen molar-refractivity contribution in [2.75, 3.05) is 6.54 Å². The minimum atomic E-state index is -0.430. The van der Waals surface area contributed by atoms with Gasteiger partial charge in [0.15, 0.2) is 0 Å². The van der Waals surface area contributed by atoms with Crippen molar-refractivity contribution in [3.63, 3.8) is 0 Å². The van der Waals surface area contributed by atoms with Gasteiger partial charge in [-0.15, -0.1) is 0 Å². The summed E-state index contributed by atoms with van der Waals surface area (Å²) in [4.78, 5) is 27.1. The Morgan fingerprint density at radius 2 is 2.22 bits per heavy atom. The Labute approximate surface area is 105 Å². The highest BCUT2D eigenvalue weighted by Crippen LogP contribution is 2.19. The molecule has 0 spiro atoms. The predicted octanol–water partition coefficient (Wildman–Crippen LogP) is 2.08. The van der Waals surface area contributed by atoms with E-state index >= 15 is 0 Å². The molecule has 5 nitrogen and oxygen atoms in total. The van der Waals surface area contributed by atoms with Gasteiger partial charge in [0.25, 0.3) is 0 Å². The van der Waals surface area contributed by atoms with Crippen LogP contribution < -0.4 is 0 Å². The maximum absolute atomic E-state index is 11.8. The van der Waals surface area contributed by atoms with Gasteiger partial charge in [-0.25, -0.2) is 9.59 Å². The fourth-order valence-electron chi connectivity index (χ4n) is 1.96. The van der Waals surface area contributed by atoms with Gasteiger partial charge in [0.2, 0.25) is 6.08 Å². The molecule has 1 aliphatic heterocycles. The van der Waals surface area contributed by atoms with Gasteiger partial charge in [0.05, 0.1) is 0 Å². The average Bonchev–Trinajstić information content (AvgIpc) is 2.86. The molecule has 1 atom stereocenters. The zero-order valence-corrected chi connectivity index (χ0v) is 9.91. The molecule has 1 saturated heterocycles. The Balaban J connectivity index is 1.90. The van der Waals surface area contributed by atoms with Crippen LogP contribution in [0, 0.1) is 0 Å². The number of benzene rings is 1. The molecule has 0 aliphatic carbocycles. The second-order valence-corrected chi connectivity index (χ2v) is 4.08. The van der Waals surface area contributed by atoms with Crippen molar-refractivity contribution in [3.8, 4) is 0 Å². The number of ether oxygens (including phenoxy) is 1. The van der Waals surface area contributed by atoms with Gasteiger partial charge >= 0.3 is 6.09 Å². The number of rotatable bonds is 3. The second kappa shape index (κ2) is 5.98. The van der Waals surface area contributed by atoms with Crippen LogP contribution in [0.15, 0.2) is 35.3 Å². The summed E-state index contributed by atoms with van der Waals surface area (Å²) in [5.74, 6) is 0. The molecule has 0 radical (unpaired) electrons. The summed E-state index contributed by atoms with van der Waals surface area (Å²) in [5.41, 5.74) is 0.931. The fraction of sp³-hybridized carbons (Fsp3) is 0.385. The van der Waals surface area contributed by atoms with Gasteiger partial charge in [-0.3, -0.25) is 4.90 Å². The molecule has 0 bridgehead atoms. The van der Waals surface area contributed by atoms with Crippen LogP contribution >= 0.6 is 0 Å². The molecule has 1 heterocycles. The van der Waals surface area contributed by atoms with E-state index in [9.17, 15) is 9.59 Å². The lowest BCUT2D eigenvalue weighted by atomic mass is 10.2. The molecular formula is C13H14N2O3. The number of likely N-dealkylation sites (tertiary alicyclic amines) is 1. The quantitative estimate of drug-likeness (QED) is 0.606. The molecule has 0 aromatic heterocycles. The van der Waals surface area contributed by atoms with Crippen LogP contribution in [0.4, 0.5) is 4.79 Å². The van der Waals surface area contributed by atoms with E-state index < -0.39 is 12.3 Å². The molecule has 1 fully saturated rings. The minimum absolute atomic E-state index is 0.230. The summed E-state index contributed by atoms with van der Waals surface area (Å²) < 4.78 is 5.19. The van der Waals surface area contributed by atoms with Crippen molar-refractivity contribution >= 4 is 12.2 Å². The molecule has 1 aliphatic rings. The summed E-state index contributed by atoms with van der Waals surface area (Å²) in [6.07, 6.45) is 2.17. The number of nitrogens with zero attached hydrogens (tertiary/aromatic N) is 2. The molecule has 94 valence electrons. The lowest BCUT2D eigenvalue weighted by molar-refractivity contribution is 0.0933. The summed E-state index contributed by atoms with van der Waals surface area (Å²) >= 11 is 0. The molecule has 2 rings (SSSR count). The van der Waals surface area contributed by atoms with Crippen molar-refractivity contribution in [1.29, 1.82) is 0 Å². The summed E-state index contributed by atoms with van der Waals surface area (Å²) in [6.45, 7) is 0.803. The third kappa shape index (κ3) is 2.96. The molecule has 1 amide bonds. The van der Waals surface area contributed by atoms with Gasteiger partial charge in [-0.2, -0.15) is 4.99 Å². The number of carbonyl (C=O) groups excluding carboxylic acids is 2. The first-order valence-corrected chi connectivity index (χ1v) is 5.85. The monoisotopic (exact) mass is 246 g/mol. The third-order valence-electron chi connectivity index (χ3n) is 2.86. The lowest BCUT2D eigenvalue weighted by Crippen LogP contribution is -2.34. The Kier molecular flexibility index (Phi) is 4.10. The van der Waals surface area contributed by atoms with Gasteiger partial charge < -0.3 is 4.74 Å². The van der Waals surface area contributed by atoms with Crippen LogP contribution in [-0.4, -0.2) is 29.8 Å². The van der Waals surface area contributed by atoms with Crippen molar-refractivity contribution in [2.24, 2.45) is 4.99 Å². The van der Waals surface area contributed by atoms with E-state index in [-0.39, 0.29) is 6.61 Å². The van der Waals surface area contributed by atoms with Crippen molar-refractivity contribution in [1.82, 2.24) is 4.90 Å². The molecule has 1 aromatic carbocycles. The average molecular weight is 246 g/mol. The van der Waals surface area contributed by atoms with Gasteiger partial charge in [0.1, 0.15) is 12.8 Å². The molecule has 18 heavy (non-hydrogen) atoms. The molecule has 1 aromatic rings. The number of isocyanates is 1. The topological polar surface area (TPSA) is 59.0 Å². The zero-order valence-electron chi connectivity index (χ0n) is 9.91. The summed E-state index contributed by atoms with van der Waals surface area (Å²) in [6, 6.07) is 9.45. The standard InChI is InChI=1S/C13H14N2O3/c16-10-14-12-7-4-8-15(12)13(17)18-9-11-5-2-1-3-6-11/h1-3,5-6,12H,4,7-9H2/t12-/m0/s1. The van der Waals surface area contributed by atoms with Crippen molar-refractivity contribution in [3.05, 3.63) is 35.9 Å². The van der Waals surface area contributed by atoms with Crippen LogP contribution in [0.3, 0.4) is 0 Å². The highest BCUT2D eigenvalue weighted by Gasteiger charge is 2.29. The van der Waals surface area contributed by atoms with E-state index in [0.29, 0.717) is 13.0 Å². The first-order valence-electron chi connectivity index (χ1n) is 5.85. The SMILES string of the molecule is O=C=N[C@@H]1CCCN1C(=O)OCc1ccccc1. The van der Waals surface area contributed by atoms with E-state index in [4.69, 9.17) is 4.74 Å². The molecular weight excluding hydrogens is 232 g/mol. The zero-order chi connectivity index (χ0) is 12.8. The van der Waals surface area contributed by atoms with Gasteiger partial charge in [-0.1, -0.05) is 30.3 Å². The third-order valence-corrected chi connectivity index (χ3v) is 2.86. The maximum atomic E-state index is 11.8. The molecule has 0 saturated carbocycles.